The zero-order chi connectivity index (χ0) is 13.4. The summed E-state index contributed by atoms with van der Waals surface area (Å²) in [4.78, 5) is 15.8. The molecule has 0 bridgehead atoms. The fourth-order valence-electron chi connectivity index (χ4n) is 1.81. The number of ketones is 1. The standard InChI is InChI=1S/C12H8ClFN2O2S/c13-8-3-6(1-2-9(8)14)11-15-12(18-16-11)7-4-19-5-10(7)17/h1-3,7H,4-5H2. The topological polar surface area (TPSA) is 56.0 Å². The van der Waals surface area contributed by atoms with Crippen molar-refractivity contribution in [2.75, 3.05) is 11.5 Å². The molecule has 1 aromatic carbocycles. The van der Waals surface area contributed by atoms with Crippen LogP contribution >= 0.6 is 23.4 Å². The monoisotopic (exact) mass is 298 g/mol. The molecule has 1 fully saturated rings. The average Bonchev–Trinajstić information content (AvgIpc) is 3.01. The minimum atomic E-state index is -0.503. The Labute approximate surface area is 117 Å². The first-order valence-corrected chi connectivity index (χ1v) is 7.08. The van der Waals surface area contributed by atoms with Gasteiger partial charge in [-0.1, -0.05) is 16.8 Å². The molecule has 1 aliphatic heterocycles. The van der Waals surface area contributed by atoms with E-state index in [-0.39, 0.29) is 16.7 Å². The van der Waals surface area contributed by atoms with Gasteiger partial charge in [0.15, 0.2) is 5.78 Å². The molecule has 0 spiro atoms. The molecule has 0 N–H and O–H groups in total. The minimum absolute atomic E-state index is 0.00338. The van der Waals surface area contributed by atoms with Gasteiger partial charge in [-0.3, -0.25) is 4.79 Å². The van der Waals surface area contributed by atoms with E-state index in [1.165, 1.54) is 18.2 Å². The lowest BCUT2D eigenvalue weighted by Crippen LogP contribution is -2.09. The number of benzene rings is 1. The summed E-state index contributed by atoms with van der Waals surface area (Å²) in [5, 5.41) is 3.80. The zero-order valence-electron chi connectivity index (χ0n) is 9.60. The molecule has 0 radical (unpaired) electrons. The first-order chi connectivity index (χ1) is 9.15. The second kappa shape index (κ2) is 4.94. The molecule has 4 nitrogen and oxygen atoms in total. The van der Waals surface area contributed by atoms with Crippen LogP contribution in [0.25, 0.3) is 11.4 Å². The molecule has 98 valence electrons. The van der Waals surface area contributed by atoms with Gasteiger partial charge in [0.05, 0.1) is 10.8 Å². The van der Waals surface area contributed by atoms with Crippen LogP contribution in [-0.2, 0) is 4.79 Å². The highest BCUT2D eigenvalue weighted by atomic mass is 35.5. The lowest BCUT2D eigenvalue weighted by Gasteiger charge is -1.98. The second-order valence-electron chi connectivity index (χ2n) is 4.12. The van der Waals surface area contributed by atoms with Gasteiger partial charge in [0.1, 0.15) is 11.7 Å². The van der Waals surface area contributed by atoms with Gasteiger partial charge >= 0.3 is 0 Å². The third-order valence-corrected chi connectivity index (χ3v) is 4.18. The number of hydrogen-bond acceptors (Lipinski definition) is 5. The Balaban J connectivity index is 1.92. The summed E-state index contributed by atoms with van der Waals surface area (Å²) in [6.45, 7) is 0. The molecule has 2 aromatic rings. The Morgan fingerprint density at radius 3 is 3.00 bits per heavy atom. The SMILES string of the molecule is O=C1CSCC1c1nc(-c2ccc(F)c(Cl)c2)no1. The lowest BCUT2D eigenvalue weighted by atomic mass is 10.1. The largest absolute Gasteiger partial charge is 0.338 e. The Morgan fingerprint density at radius 2 is 2.32 bits per heavy atom. The maximum absolute atomic E-state index is 13.1. The van der Waals surface area contributed by atoms with Crippen LogP contribution in [-0.4, -0.2) is 27.4 Å². The lowest BCUT2D eigenvalue weighted by molar-refractivity contribution is -0.117. The van der Waals surface area contributed by atoms with Crippen molar-refractivity contribution in [1.29, 1.82) is 0 Å². The number of halogens is 2. The van der Waals surface area contributed by atoms with Crippen molar-refractivity contribution in [1.82, 2.24) is 10.1 Å². The van der Waals surface area contributed by atoms with Crippen LogP contribution in [0.4, 0.5) is 4.39 Å². The summed E-state index contributed by atoms with van der Waals surface area (Å²) in [6.07, 6.45) is 0. The van der Waals surface area contributed by atoms with Crippen molar-refractivity contribution in [3.63, 3.8) is 0 Å². The molecule has 1 atom stereocenters. The summed E-state index contributed by atoms with van der Waals surface area (Å²) in [6, 6.07) is 4.18. The van der Waals surface area contributed by atoms with Crippen molar-refractivity contribution in [2.45, 2.75) is 5.92 Å². The van der Waals surface area contributed by atoms with Gasteiger partial charge < -0.3 is 4.52 Å². The molecule has 1 aromatic heterocycles. The molecular formula is C12H8ClFN2O2S. The van der Waals surface area contributed by atoms with Crippen LogP contribution in [0.15, 0.2) is 22.7 Å². The van der Waals surface area contributed by atoms with Crippen LogP contribution in [0.3, 0.4) is 0 Å². The Bertz CT molecular complexity index is 646. The Morgan fingerprint density at radius 1 is 1.47 bits per heavy atom. The summed E-state index contributed by atoms with van der Waals surface area (Å²) in [5.74, 6) is 1.01. The number of carbonyl (C=O) groups is 1. The van der Waals surface area contributed by atoms with Crippen LogP contribution in [0.1, 0.15) is 11.8 Å². The first kappa shape index (κ1) is 12.6. The number of carbonyl (C=O) groups excluding carboxylic acids is 1. The van der Waals surface area contributed by atoms with Crippen molar-refractivity contribution >= 4 is 29.1 Å². The zero-order valence-corrected chi connectivity index (χ0v) is 11.2. The van der Waals surface area contributed by atoms with Crippen LogP contribution in [0.5, 0.6) is 0 Å². The summed E-state index contributed by atoms with van der Waals surface area (Å²) >= 11 is 7.25. The highest BCUT2D eigenvalue weighted by molar-refractivity contribution is 8.00. The Hall–Kier alpha value is -1.40. The van der Waals surface area contributed by atoms with E-state index in [9.17, 15) is 9.18 Å². The fraction of sp³-hybridized carbons (Fsp3) is 0.250. The first-order valence-electron chi connectivity index (χ1n) is 5.54. The minimum Gasteiger partial charge on any atom is -0.338 e. The molecule has 0 amide bonds. The van der Waals surface area contributed by atoms with Crippen molar-refractivity contribution in [3.8, 4) is 11.4 Å². The highest BCUT2D eigenvalue weighted by Gasteiger charge is 2.31. The summed E-state index contributed by atoms with van der Waals surface area (Å²) < 4.78 is 18.2. The number of rotatable bonds is 2. The molecule has 7 heteroatoms. The maximum atomic E-state index is 13.1. The van der Waals surface area contributed by atoms with Gasteiger partial charge in [-0.05, 0) is 18.2 Å². The molecule has 0 aliphatic carbocycles. The number of Topliss-reactive ketones (excluding diaryl/α,β-unsaturated/α-hetero) is 1. The van der Waals surface area contributed by atoms with E-state index in [1.54, 1.807) is 11.8 Å². The van der Waals surface area contributed by atoms with Gasteiger partial charge in [-0.25, -0.2) is 4.39 Å². The molecule has 0 saturated carbocycles. The third kappa shape index (κ3) is 2.37. The van der Waals surface area contributed by atoms with Crippen molar-refractivity contribution in [2.24, 2.45) is 0 Å². The molecule has 2 heterocycles. The predicted octanol–water partition coefficient (Wildman–Crippen LogP) is 2.93. The predicted molar refractivity (Wildman–Crippen MR) is 69.8 cm³/mol. The van der Waals surface area contributed by atoms with Crippen LogP contribution in [0.2, 0.25) is 5.02 Å². The molecule has 3 rings (SSSR count). The van der Waals surface area contributed by atoms with Crippen LogP contribution < -0.4 is 0 Å². The summed E-state index contributed by atoms with van der Waals surface area (Å²) in [5.41, 5.74) is 0.555. The molecule has 19 heavy (non-hydrogen) atoms. The average molecular weight is 299 g/mol. The van der Waals surface area contributed by atoms with Crippen molar-refractivity contribution < 1.29 is 13.7 Å². The van der Waals surface area contributed by atoms with Gasteiger partial charge in [0.2, 0.25) is 11.7 Å². The van der Waals surface area contributed by atoms with E-state index in [0.717, 1.165) is 0 Å². The van der Waals surface area contributed by atoms with E-state index in [0.29, 0.717) is 28.8 Å². The maximum Gasteiger partial charge on any atom is 0.238 e. The van der Waals surface area contributed by atoms with E-state index in [4.69, 9.17) is 16.1 Å². The number of nitrogens with zero attached hydrogens (tertiary/aromatic N) is 2. The quantitative estimate of drug-likeness (QED) is 0.853. The summed E-state index contributed by atoms with van der Waals surface area (Å²) in [7, 11) is 0. The highest BCUT2D eigenvalue weighted by Crippen LogP contribution is 2.30. The molecule has 1 aliphatic rings. The molecule has 1 unspecified atom stereocenters. The molecular weight excluding hydrogens is 291 g/mol. The van der Waals surface area contributed by atoms with Gasteiger partial charge in [0.25, 0.3) is 0 Å². The van der Waals surface area contributed by atoms with Crippen LogP contribution in [0, 0.1) is 5.82 Å². The second-order valence-corrected chi connectivity index (χ2v) is 5.56. The van der Waals surface area contributed by atoms with Gasteiger partial charge in [-0.15, -0.1) is 0 Å². The smallest absolute Gasteiger partial charge is 0.238 e. The normalized spacial score (nSPS) is 19.1. The Kier molecular flexibility index (Phi) is 3.28. The van der Waals surface area contributed by atoms with E-state index >= 15 is 0 Å². The van der Waals surface area contributed by atoms with E-state index in [2.05, 4.69) is 10.1 Å². The van der Waals surface area contributed by atoms with E-state index < -0.39 is 5.82 Å². The molecule has 1 saturated heterocycles. The third-order valence-electron chi connectivity index (χ3n) is 2.84. The number of hydrogen-bond donors (Lipinski definition) is 0. The van der Waals surface area contributed by atoms with Crippen molar-refractivity contribution in [3.05, 3.63) is 34.9 Å². The number of thioether (sulfide) groups is 1. The van der Waals surface area contributed by atoms with Gasteiger partial charge in [-0.2, -0.15) is 16.7 Å². The fourth-order valence-corrected chi connectivity index (χ4v) is 3.07. The van der Waals surface area contributed by atoms with E-state index in [1.807, 2.05) is 0 Å². The number of aromatic nitrogens is 2. The van der Waals surface area contributed by atoms with Gasteiger partial charge in [0, 0.05) is 11.3 Å².